The van der Waals surface area contributed by atoms with Gasteiger partial charge in [0.15, 0.2) is 0 Å². The number of nitrogens with one attached hydrogen (secondary N) is 1. The highest BCUT2D eigenvalue weighted by Crippen LogP contribution is 2.41. The Morgan fingerprint density at radius 1 is 1.43 bits per heavy atom. The predicted octanol–water partition coefficient (Wildman–Crippen LogP) is 2.95. The fourth-order valence-corrected chi connectivity index (χ4v) is 4.22. The number of fused-ring (bicyclic) bond motifs is 2. The zero-order chi connectivity index (χ0) is 15.0. The Morgan fingerprint density at radius 3 is 2.81 bits per heavy atom. The molecule has 0 spiro atoms. The van der Waals surface area contributed by atoms with Crippen LogP contribution in [-0.2, 0) is 17.7 Å². The third-order valence-electron chi connectivity index (χ3n) is 5.00. The maximum Gasteiger partial charge on any atom is 0.0847 e. The van der Waals surface area contributed by atoms with Gasteiger partial charge in [0, 0.05) is 24.9 Å². The molecule has 1 aromatic rings. The van der Waals surface area contributed by atoms with Crippen LogP contribution in [0.25, 0.3) is 0 Å². The second-order valence-electron chi connectivity index (χ2n) is 6.30. The van der Waals surface area contributed by atoms with Crippen LogP contribution in [0.1, 0.15) is 44.5 Å². The van der Waals surface area contributed by atoms with E-state index in [9.17, 15) is 0 Å². The molecule has 118 valence electrons. The lowest BCUT2D eigenvalue weighted by Crippen LogP contribution is -2.42. The molecule has 21 heavy (non-hydrogen) atoms. The van der Waals surface area contributed by atoms with Gasteiger partial charge in [0.2, 0.25) is 0 Å². The average Bonchev–Trinajstić information content (AvgIpc) is 3.16. The molecule has 3 rings (SSSR count). The molecule has 2 saturated heterocycles. The van der Waals surface area contributed by atoms with Gasteiger partial charge in [0.1, 0.15) is 0 Å². The van der Waals surface area contributed by atoms with Crippen molar-refractivity contribution in [2.75, 3.05) is 6.54 Å². The number of ether oxygens (including phenoxy) is 1. The van der Waals surface area contributed by atoms with Crippen molar-refractivity contribution < 1.29 is 4.74 Å². The highest BCUT2D eigenvalue weighted by atomic mass is 35.5. The van der Waals surface area contributed by atoms with E-state index in [4.69, 9.17) is 16.3 Å². The zero-order valence-electron chi connectivity index (χ0n) is 13.2. The lowest BCUT2D eigenvalue weighted by molar-refractivity contribution is 0.0857. The molecule has 4 nitrogen and oxygen atoms in total. The molecular weight excluding hydrogens is 286 g/mol. The molecule has 2 aliphatic heterocycles. The Labute approximate surface area is 132 Å². The maximum absolute atomic E-state index is 6.48. The SMILES string of the molecule is CCNC(Cc1c(Cl)c(C)nn1CC)C1CC2CCC1O2. The fraction of sp³-hybridized carbons (Fsp3) is 0.812. The van der Waals surface area contributed by atoms with Gasteiger partial charge in [-0.05, 0) is 39.7 Å². The molecule has 4 atom stereocenters. The van der Waals surface area contributed by atoms with Crippen molar-refractivity contribution in [1.29, 1.82) is 0 Å². The third-order valence-corrected chi connectivity index (χ3v) is 5.49. The summed E-state index contributed by atoms with van der Waals surface area (Å²) in [5.41, 5.74) is 2.11. The number of hydrogen-bond acceptors (Lipinski definition) is 3. The molecule has 1 aromatic heterocycles. The molecular formula is C16H26ClN3O. The molecule has 2 aliphatic rings. The van der Waals surface area contributed by atoms with Crippen LogP contribution < -0.4 is 5.32 Å². The quantitative estimate of drug-likeness (QED) is 0.878. The van der Waals surface area contributed by atoms with Crippen molar-refractivity contribution in [1.82, 2.24) is 15.1 Å². The molecule has 0 saturated carbocycles. The molecule has 5 heteroatoms. The lowest BCUT2D eigenvalue weighted by atomic mass is 9.82. The molecule has 4 unspecified atom stereocenters. The van der Waals surface area contributed by atoms with Crippen LogP contribution in [0.2, 0.25) is 5.02 Å². The Kier molecular flexibility index (Phi) is 4.57. The maximum atomic E-state index is 6.48. The van der Waals surface area contributed by atoms with E-state index in [0.717, 1.165) is 30.2 Å². The van der Waals surface area contributed by atoms with Crippen LogP contribution in [0.5, 0.6) is 0 Å². The summed E-state index contributed by atoms with van der Waals surface area (Å²) in [5, 5.41) is 9.04. The van der Waals surface area contributed by atoms with Crippen molar-refractivity contribution in [2.45, 2.75) is 71.2 Å². The number of nitrogens with zero attached hydrogens (tertiary/aromatic N) is 2. The van der Waals surface area contributed by atoms with Crippen molar-refractivity contribution in [3.05, 3.63) is 16.4 Å². The van der Waals surface area contributed by atoms with Gasteiger partial charge in [0.05, 0.1) is 28.6 Å². The second kappa shape index (κ2) is 6.27. The van der Waals surface area contributed by atoms with Gasteiger partial charge >= 0.3 is 0 Å². The summed E-state index contributed by atoms with van der Waals surface area (Å²) in [5.74, 6) is 0.611. The largest absolute Gasteiger partial charge is 0.375 e. The summed E-state index contributed by atoms with van der Waals surface area (Å²) >= 11 is 6.48. The third kappa shape index (κ3) is 2.86. The summed E-state index contributed by atoms with van der Waals surface area (Å²) in [6.45, 7) is 8.13. The Balaban J connectivity index is 1.79. The van der Waals surface area contributed by atoms with Crippen LogP contribution in [-0.4, -0.2) is 34.6 Å². The monoisotopic (exact) mass is 311 g/mol. The molecule has 1 N–H and O–H groups in total. The highest BCUT2D eigenvalue weighted by molar-refractivity contribution is 6.31. The zero-order valence-corrected chi connectivity index (χ0v) is 14.0. The van der Waals surface area contributed by atoms with E-state index >= 15 is 0 Å². The Morgan fingerprint density at radius 2 is 2.24 bits per heavy atom. The van der Waals surface area contributed by atoms with E-state index in [0.29, 0.717) is 24.2 Å². The first-order chi connectivity index (χ1) is 10.1. The number of likely N-dealkylation sites (N-methyl/N-ethyl adjacent to an activating group) is 1. The average molecular weight is 312 g/mol. The highest BCUT2D eigenvalue weighted by Gasteiger charge is 2.44. The summed E-state index contributed by atoms with van der Waals surface area (Å²) in [6, 6.07) is 0.434. The minimum Gasteiger partial charge on any atom is -0.375 e. The molecule has 0 aromatic carbocycles. The second-order valence-corrected chi connectivity index (χ2v) is 6.68. The summed E-state index contributed by atoms with van der Waals surface area (Å²) in [7, 11) is 0. The molecule has 0 aliphatic carbocycles. The van der Waals surface area contributed by atoms with E-state index in [1.54, 1.807) is 0 Å². The van der Waals surface area contributed by atoms with Crippen LogP contribution in [0.4, 0.5) is 0 Å². The van der Waals surface area contributed by atoms with Gasteiger partial charge in [-0.3, -0.25) is 4.68 Å². The molecule has 2 bridgehead atoms. The number of aromatic nitrogens is 2. The first-order valence-corrected chi connectivity index (χ1v) is 8.62. The van der Waals surface area contributed by atoms with Gasteiger partial charge in [-0.1, -0.05) is 18.5 Å². The number of hydrogen-bond donors (Lipinski definition) is 1. The van der Waals surface area contributed by atoms with Gasteiger partial charge in [-0.15, -0.1) is 0 Å². The summed E-state index contributed by atoms with van der Waals surface area (Å²) in [6.07, 6.45) is 5.54. The van der Waals surface area contributed by atoms with E-state index in [1.165, 1.54) is 25.0 Å². The molecule has 3 heterocycles. The molecule has 0 radical (unpaired) electrons. The van der Waals surface area contributed by atoms with Gasteiger partial charge in [0.25, 0.3) is 0 Å². The van der Waals surface area contributed by atoms with Crippen LogP contribution >= 0.6 is 11.6 Å². The Hall–Kier alpha value is -0.580. The van der Waals surface area contributed by atoms with E-state index in [2.05, 4.69) is 28.9 Å². The van der Waals surface area contributed by atoms with Crippen molar-refractivity contribution >= 4 is 11.6 Å². The number of halogens is 1. The topological polar surface area (TPSA) is 39.1 Å². The first-order valence-electron chi connectivity index (χ1n) is 8.24. The molecule has 0 amide bonds. The van der Waals surface area contributed by atoms with Gasteiger partial charge in [-0.25, -0.2) is 0 Å². The standard InChI is InChI=1S/C16H26ClN3O/c1-4-18-13(12-8-11-6-7-15(12)21-11)9-14-16(17)10(3)19-20(14)5-2/h11-13,15,18H,4-9H2,1-3H3. The fourth-order valence-electron chi connectivity index (χ4n) is 4.01. The number of rotatable bonds is 6. The smallest absolute Gasteiger partial charge is 0.0847 e. The summed E-state index contributed by atoms with van der Waals surface area (Å²) < 4.78 is 8.10. The van der Waals surface area contributed by atoms with Crippen molar-refractivity contribution in [3.8, 4) is 0 Å². The summed E-state index contributed by atoms with van der Waals surface area (Å²) in [4.78, 5) is 0. The minimum atomic E-state index is 0.434. The first kappa shape index (κ1) is 15.3. The lowest BCUT2D eigenvalue weighted by Gasteiger charge is -2.29. The van der Waals surface area contributed by atoms with E-state index in [-0.39, 0.29) is 0 Å². The normalized spacial score (nSPS) is 29.2. The number of aryl methyl sites for hydroxylation is 2. The van der Waals surface area contributed by atoms with Gasteiger partial charge in [-0.2, -0.15) is 5.10 Å². The van der Waals surface area contributed by atoms with Gasteiger partial charge < -0.3 is 10.1 Å². The predicted molar refractivity (Wildman–Crippen MR) is 84.8 cm³/mol. The minimum absolute atomic E-state index is 0.434. The molecule has 2 fully saturated rings. The van der Waals surface area contributed by atoms with Crippen LogP contribution in [0, 0.1) is 12.8 Å². The van der Waals surface area contributed by atoms with Crippen LogP contribution in [0.3, 0.4) is 0 Å². The van der Waals surface area contributed by atoms with E-state index in [1.807, 2.05) is 6.92 Å². The van der Waals surface area contributed by atoms with Crippen molar-refractivity contribution in [2.24, 2.45) is 5.92 Å². The van der Waals surface area contributed by atoms with Crippen LogP contribution in [0.15, 0.2) is 0 Å². The Bertz CT molecular complexity index is 502. The van der Waals surface area contributed by atoms with Crippen molar-refractivity contribution in [3.63, 3.8) is 0 Å². The van der Waals surface area contributed by atoms with E-state index < -0.39 is 0 Å².